The number of carbonyl (C=O) groups is 1. The minimum Gasteiger partial charge on any atom is -0.504 e. The van der Waals surface area contributed by atoms with Crippen molar-refractivity contribution in [3.63, 3.8) is 0 Å². The Hall–Kier alpha value is -1.63. The zero-order valence-electron chi connectivity index (χ0n) is 9.23. The molecule has 1 aromatic carbocycles. The number of anilines is 1. The van der Waals surface area contributed by atoms with E-state index < -0.39 is 4.92 Å². The van der Waals surface area contributed by atoms with Gasteiger partial charge in [-0.05, 0) is 22.0 Å². The quantitative estimate of drug-likeness (QED) is 0.510. The Morgan fingerprint density at radius 2 is 2.12 bits per heavy atom. The van der Waals surface area contributed by atoms with E-state index in [1.165, 1.54) is 12.1 Å². The minimum atomic E-state index is -0.627. The van der Waals surface area contributed by atoms with E-state index in [0.717, 1.165) is 0 Å². The van der Waals surface area contributed by atoms with Crippen LogP contribution in [0.5, 0.6) is 5.75 Å². The van der Waals surface area contributed by atoms with E-state index >= 15 is 0 Å². The number of amides is 1. The van der Waals surface area contributed by atoms with Crippen LogP contribution >= 0.6 is 15.9 Å². The summed E-state index contributed by atoms with van der Waals surface area (Å²) in [7, 11) is 0. The van der Waals surface area contributed by atoms with Gasteiger partial charge in [0.15, 0.2) is 5.75 Å². The van der Waals surface area contributed by atoms with Crippen molar-refractivity contribution in [2.45, 2.75) is 13.8 Å². The third-order valence-electron chi connectivity index (χ3n) is 2.07. The Morgan fingerprint density at radius 3 is 2.59 bits per heavy atom. The number of aromatic hydroxyl groups is 1. The smallest absolute Gasteiger partial charge is 0.287 e. The molecule has 0 aromatic heterocycles. The SMILES string of the molecule is CC(C)C(=O)Nc1ccc([N+](=O)[O-])c(Br)c1O. The van der Waals surface area contributed by atoms with Crippen molar-refractivity contribution in [2.75, 3.05) is 5.32 Å². The Labute approximate surface area is 106 Å². The van der Waals surface area contributed by atoms with E-state index in [4.69, 9.17) is 0 Å². The highest BCUT2D eigenvalue weighted by atomic mass is 79.9. The van der Waals surface area contributed by atoms with Crippen molar-refractivity contribution in [3.05, 3.63) is 26.7 Å². The van der Waals surface area contributed by atoms with Gasteiger partial charge in [-0.1, -0.05) is 13.8 Å². The van der Waals surface area contributed by atoms with Gasteiger partial charge < -0.3 is 10.4 Å². The first-order valence-electron chi connectivity index (χ1n) is 4.81. The van der Waals surface area contributed by atoms with Crippen LogP contribution in [0.4, 0.5) is 11.4 Å². The second kappa shape index (κ2) is 5.13. The number of phenols is 1. The van der Waals surface area contributed by atoms with Gasteiger partial charge in [-0.3, -0.25) is 14.9 Å². The fraction of sp³-hybridized carbons (Fsp3) is 0.300. The Kier molecular flexibility index (Phi) is 4.06. The Bertz CT molecular complexity index is 474. The molecule has 0 aliphatic carbocycles. The second-order valence-electron chi connectivity index (χ2n) is 3.70. The molecule has 92 valence electrons. The first kappa shape index (κ1) is 13.4. The van der Waals surface area contributed by atoms with Crippen LogP contribution in [0.1, 0.15) is 13.8 Å². The monoisotopic (exact) mass is 302 g/mol. The molecule has 6 nitrogen and oxygen atoms in total. The Balaban J connectivity index is 3.09. The van der Waals surface area contributed by atoms with Gasteiger partial charge in [0.25, 0.3) is 5.69 Å². The number of halogens is 1. The number of phenolic OH excluding ortho intramolecular Hbond substituents is 1. The number of nitro groups is 1. The number of nitrogens with one attached hydrogen (secondary N) is 1. The molecule has 0 fully saturated rings. The van der Waals surface area contributed by atoms with Crippen LogP contribution in [-0.4, -0.2) is 15.9 Å². The van der Waals surface area contributed by atoms with Crippen molar-refractivity contribution >= 4 is 33.2 Å². The van der Waals surface area contributed by atoms with Crippen molar-refractivity contribution in [3.8, 4) is 5.75 Å². The first-order valence-corrected chi connectivity index (χ1v) is 5.60. The summed E-state index contributed by atoms with van der Waals surface area (Å²) in [4.78, 5) is 21.4. The van der Waals surface area contributed by atoms with Crippen LogP contribution in [0.25, 0.3) is 0 Å². The highest BCUT2D eigenvalue weighted by Gasteiger charge is 2.19. The van der Waals surface area contributed by atoms with Crippen LogP contribution < -0.4 is 5.32 Å². The average Bonchev–Trinajstić information content (AvgIpc) is 2.24. The number of hydrogen-bond donors (Lipinski definition) is 2. The molecule has 0 aliphatic heterocycles. The number of carbonyl (C=O) groups excluding carboxylic acids is 1. The molecule has 0 saturated heterocycles. The first-order chi connectivity index (χ1) is 7.84. The summed E-state index contributed by atoms with van der Waals surface area (Å²) >= 11 is 2.92. The van der Waals surface area contributed by atoms with E-state index in [2.05, 4.69) is 21.2 Å². The summed E-state index contributed by atoms with van der Waals surface area (Å²) < 4.78 is -0.0518. The van der Waals surface area contributed by atoms with Gasteiger partial charge in [0, 0.05) is 12.0 Å². The van der Waals surface area contributed by atoms with Crippen molar-refractivity contribution in [2.24, 2.45) is 5.92 Å². The lowest BCUT2D eigenvalue weighted by atomic mass is 10.2. The van der Waals surface area contributed by atoms with Gasteiger partial charge in [-0.25, -0.2) is 0 Å². The summed E-state index contributed by atoms with van der Waals surface area (Å²) in [5, 5.41) is 22.8. The molecular formula is C10H11BrN2O4. The van der Waals surface area contributed by atoms with E-state index in [1.807, 2.05) is 0 Å². The molecule has 1 aromatic rings. The summed E-state index contributed by atoms with van der Waals surface area (Å²) in [5.41, 5.74) is -0.119. The maximum atomic E-state index is 11.4. The topological polar surface area (TPSA) is 92.5 Å². The van der Waals surface area contributed by atoms with Crippen LogP contribution in [-0.2, 0) is 4.79 Å². The predicted octanol–water partition coefficient (Wildman–Crippen LogP) is 2.66. The zero-order chi connectivity index (χ0) is 13.2. The summed E-state index contributed by atoms with van der Waals surface area (Å²) in [5.74, 6) is -0.877. The molecule has 0 bridgehead atoms. The molecule has 1 amide bonds. The molecule has 0 radical (unpaired) electrons. The van der Waals surface area contributed by atoms with E-state index in [0.29, 0.717) is 0 Å². The highest BCUT2D eigenvalue weighted by Crippen LogP contribution is 2.39. The molecule has 1 rings (SSSR count). The Morgan fingerprint density at radius 1 is 1.53 bits per heavy atom. The van der Waals surface area contributed by atoms with Crippen molar-refractivity contribution in [1.82, 2.24) is 0 Å². The van der Waals surface area contributed by atoms with Gasteiger partial charge in [-0.2, -0.15) is 0 Å². The third-order valence-corrected chi connectivity index (χ3v) is 2.86. The van der Waals surface area contributed by atoms with E-state index in [1.54, 1.807) is 13.8 Å². The highest BCUT2D eigenvalue weighted by molar-refractivity contribution is 9.10. The standard InChI is InChI=1S/C10H11BrN2O4/c1-5(2)10(15)12-6-3-4-7(13(16)17)8(11)9(6)14/h3-5,14H,1-2H3,(H,12,15). The van der Waals surface area contributed by atoms with Crippen molar-refractivity contribution in [1.29, 1.82) is 0 Å². The van der Waals surface area contributed by atoms with Gasteiger partial charge >= 0.3 is 0 Å². The van der Waals surface area contributed by atoms with Crippen LogP contribution in [0.3, 0.4) is 0 Å². The van der Waals surface area contributed by atoms with Gasteiger partial charge in [0.2, 0.25) is 5.91 Å². The number of benzene rings is 1. The van der Waals surface area contributed by atoms with E-state index in [-0.39, 0.29) is 33.4 Å². The molecule has 0 saturated carbocycles. The lowest BCUT2D eigenvalue weighted by molar-refractivity contribution is -0.385. The fourth-order valence-electron chi connectivity index (χ4n) is 1.07. The number of nitrogens with zero attached hydrogens (tertiary/aromatic N) is 1. The van der Waals surface area contributed by atoms with Crippen molar-refractivity contribution < 1.29 is 14.8 Å². The molecule has 2 N–H and O–H groups in total. The molecule has 0 spiro atoms. The molecular weight excluding hydrogens is 292 g/mol. The molecule has 0 atom stereocenters. The number of rotatable bonds is 3. The normalized spacial score (nSPS) is 10.4. The zero-order valence-corrected chi connectivity index (χ0v) is 10.8. The van der Waals surface area contributed by atoms with E-state index in [9.17, 15) is 20.0 Å². The largest absolute Gasteiger partial charge is 0.504 e. The van der Waals surface area contributed by atoms with Crippen LogP contribution in [0.2, 0.25) is 0 Å². The van der Waals surface area contributed by atoms with Crippen LogP contribution in [0.15, 0.2) is 16.6 Å². The molecule has 0 heterocycles. The summed E-state index contributed by atoms with van der Waals surface area (Å²) in [6.07, 6.45) is 0. The number of nitro benzene ring substituents is 1. The predicted molar refractivity (Wildman–Crippen MR) is 65.9 cm³/mol. The molecule has 0 unspecified atom stereocenters. The lowest BCUT2D eigenvalue weighted by Crippen LogP contribution is -2.17. The number of hydrogen-bond acceptors (Lipinski definition) is 4. The second-order valence-corrected chi connectivity index (χ2v) is 4.49. The maximum absolute atomic E-state index is 11.4. The summed E-state index contributed by atoms with van der Waals surface area (Å²) in [6.45, 7) is 3.40. The minimum absolute atomic E-state index is 0.0518. The van der Waals surface area contributed by atoms with Crippen LogP contribution in [0, 0.1) is 16.0 Å². The molecule has 0 aliphatic rings. The third kappa shape index (κ3) is 2.94. The van der Waals surface area contributed by atoms with Gasteiger partial charge in [0.1, 0.15) is 4.47 Å². The summed E-state index contributed by atoms with van der Waals surface area (Å²) in [6, 6.07) is 2.50. The van der Waals surface area contributed by atoms with Gasteiger partial charge in [0.05, 0.1) is 10.6 Å². The molecule has 17 heavy (non-hydrogen) atoms. The maximum Gasteiger partial charge on any atom is 0.287 e. The lowest BCUT2D eigenvalue weighted by Gasteiger charge is -2.10. The average molecular weight is 303 g/mol. The van der Waals surface area contributed by atoms with Gasteiger partial charge in [-0.15, -0.1) is 0 Å². The molecule has 7 heteroatoms. The fourth-order valence-corrected chi connectivity index (χ4v) is 1.56.